The molecule has 2 aromatic heterocycles. The molecule has 0 spiro atoms. The Morgan fingerprint density at radius 1 is 1.37 bits per heavy atom. The molecule has 0 saturated heterocycles. The normalized spacial score (nSPS) is 14.1. The van der Waals surface area contributed by atoms with Gasteiger partial charge in [0.1, 0.15) is 5.82 Å². The number of rotatable bonds is 5. The molecule has 5 nitrogen and oxygen atoms in total. The molecule has 1 aromatic carbocycles. The van der Waals surface area contributed by atoms with E-state index in [-0.39, 0.29) is 24.5 Å². The first-order valence-electron chi connectivity index (χ1n) is 9.03. The number of fused-ring (bicyclic) bond motifs is 1. The molecule has 140 valence electrons. The molecule has 0 bridgehead atoms. The van der Waals surface area contributed by atoms with Crippen LogP contribution in [0.2, 0.25) is 5.02 Å². The fraction of sp³-hybridized carbons (Fsp3) is 0.350. The van der Waals surface area contributed by atoms with E-state index >= 15 is 0 Å². The number of halogens is 2. The molecule has 1 fully saturated rings. The van der Waals surface area contributed by atoms with E-state index in [1.165, 1.54) is 6.07 Å². The van der Waals surface area contributed by atoms with Crippen molar-refractivity contribution in [3.63, 3.8) is 0 Å². The van der Waals surface area contributed by atoms with E-state index in [1.54, 1.807) is 35.5 Å². The number of carbonyl (C=O) groups is 1. The molecule has 2 heterocycles. The molecule has 27 heavy (non-hydrogen) atoms. The van der Waals surface area contributed by atoms with Crippen molar-refractivity contribution >= 4 is 28.5 Å². The van der Waals surface area contributed by atoms with Crippen molar-refractivity contribution in [1.82, 2.24) is 19.7 Å². The zero-order valence-corrected chi connectivity index (χ0v) is 15.9. The molecule has 0 aliphatic heterocycles. The van der Waals surface area contributed by atoms with Crippen LogP contribution in [0.1, 0.15) is 48.7 Å². The Morgan fingerprint density at radius 3 is 2.81 bits per heavy atom. The van der Waals surface area contributed by atoms with E-state index in [4.69, 9.17) is 11.6 Å². The van der Waals surface area contributed by atoms with Gasteiger partial charge < -0.3 is 4.90 Å². The average molecular weight is 387 g/mol. The summed E-state index contributed by atoms with van der Waals surface area (Å²) in [6.07, 6.45) is 5.12. The third kappa shape index (κ3) is 3.41. The Hall–Kier alpha value is -2.47. The van der Waals surface area contributed by atoms with Gasteiger partial charge in [-0.3, -0.25) is 4.79 Å². The molecule has 3 aromatic rings. The highest BCUT2D eigenvalue weighted by molar-refractivity contribution is 6.31. The lowest BCUT2D eigenvalue weighted by Crippen LogP contribution is -2.33. The molecule has 1 amide bonds. The highest BCUT2D eigenvalue weighted by atomic mass is 35.5. The minimum atomic E-state index is -0.396. The Bertz CT molecular complexity index is 992. The van der Waals surface area contributed by atoms with Crippen molar-refractivity contribution in [3.05, 3.63) is 58.6 Å². The molecule has 1 saturated carbocycles. The van der Waals surface area contributed by atoms with Gasteiger partial charge in [0, 0.05) is 34.3 Å². The summed E-state index contributed by atoms with van der Waals surface area (Å²) in [6, 6.07) is 6.67. The van der Waals surface area contributed by atoms with Gasteiger partial charge in [-0.15, -0.1) is 0 Å². The summed E-state index contributed by atoms with van der Waals surface area (Å²) < 4.78 is 16.0. The molecule has 0 N–H and O–H groups in total. The first-order valence-corrected chi connectivity index (χ1v) is 9.40. The minimum Gasteiger partial charge on any atom is -0.331 e. The molecule has 0 radical (unpaired) electrons. The van der Waals surface area contributed by atoms with Crippen molar-refractivity contribution in [2.24, 2.45) is 0 Å². The van der Waals surface area contributed by atoms with Gasteiger partial charge in [-0.2, -0.15) is 5.10 Å². The fourth-order valence-corrected chi connectivity index (χ4v) is 3.43. The number of hydrogen-bond donors (Lipinski definition) is 0. The summed E-state index contributed by atoms with van der Waals surface area (Å²) in [6.45, 7) is 4.21. The van der Waals surface area contributed by atoms with Crippen molar-refractivity contribution in [3.8, 4) is 0 Å². The fourth-order valence-electron chi connectivity index (χ4n) is 3.21. The number of hydrogen-bond acceptors (Lipinski definition) is 3. The van der Waals surface area contributed by atoms with Gasteiger partial charge in [0.05, 0.1) is 18.3 Å². The highest BCUT2D eigenvalue weighted by Gasteiger charge is 2.34. The standard InChI is InChI=1S/C20H20ClFN4O/c1-12(2)26-19-13(10-24-26)8-14(9-23-19)20(27)25(15-6-7-15)11-16-17(21)4-3-5-18(16)22/h3-5,8-10,12,15H,6-7,11H2,1-2H3. The van der Waals surface area contributed by atoms with Gasteiger partial charge in [0.2, 0.25) is 0 Å². The van der Waals surface area contributed by atoms with Crippen LogP contribution in [0.4, 0.5) is 4.39 Å². The molecule has 1 aliphatic carbocycles. The van der Waals surface area contributed by atoms with E-state index in [2.05, 4.69) is 10.1 Å². The topological polar surface area (TPSA) is 51.0 Å². The van der Waals surface area contributed by atoms with Crippen LogP contribution in [0.3, 0.4) is 0 Å². The van der Waals surface area contributed by atoms with Crippen LogP contribution >= 0.6 is 11.6 Å². The van der Waals surface area contributed by atoms with Gasteiger partial charge in [-0.1, -0.05) is 17.7 Å². The third-order valence-electron chi connectivity index (χ3n) is 4.81. The number of pyridine rings is 1. The number of benzene rings is 1. The van der Waals surface area contributed by atoms with Crippen LogP contribution in [-0.2, 0) is 6.54 Å². The third-order valence-corrected chi connectivity index (χ3v) is 5.16. The average Bonchev–Trinajstić information content (AvgIpc) is 3.38. The molecule has 1 aliphatic rings. The summed E-state index contributed by atoms with van der Waals surface area (Å²) in [4.78, 5) is 19.3. The van der Waals surface area contributed by atoms with Crippen LogP contribution < -0.4 is 0 Å². The SMILES string of the molecule is CC(C)n1ncc2cc(C(=O)N(Cc3c(F)cccc3Cl)C3CC3)cnc21. The maximum Gasteiger partial charge on any atom is 0.255 e. The summed E-state index contributed by atoms with van der Waals surface area (Å²) in [5, 5.41) is 5.49. The summed E-state index contributed by atoms with van der Waals surface area (Å²) in [7, 11) is 0. The van der Waals surface area contributed by atoms with Crippen LogP contribution in [-0.4, -0.2) is 31.6 Å². The van der Waals surface area contributed by atoms with E-state index in [0.29, 0.717) is 16.1 Å². The molecule has 0 unspecified atom stereocenters. The van der Waals surface area contributed by atoms with Gasteiger partial charge in [-0.05, 0) is 44.9 Å². The molecule has 0 atom stereocenters. The maximum absolute atomic E-state index is 14.2. The zero-order valence-electron chi connectivity index (χ0n) is 15.2. The predicted molar refractivity (Wildman–Crippen MR) is 102 cm³/mol. The number of amides is 1. The molecular formula is C20H20ClFN4O. The van der Waals surface area contributed by atoms with Crippen molar-refractivity contribution in [2.45, 2.75) is 45.3 Å². The van der Waals surface area contributed by atoms with Gasteiger partial charge in [0.15, 0.2) is 5.65 Å². The molecule has 7 heteroatoms. The zero-order chi connectivity index (χ0) is 19.1. The summed E-state index contributed by atoms with van der Waals surface area (Å²) >= 11 is 6.16. The van der Waals surface area contributed by atoms with Gasteiger partial charge in [0.25, 0.3) is 5.91 Å². The largest absolute Gasteiger partial charge is 0.331 e. The molecule has 4 rings (SSSR count). The number of carbonyl (C=O) groups excluding carboxylic acids is 1. The van der Waals surface area contributed by atoms with Crippen molar-refractivity contribution < 1.29 is 9.18 Å². The lowest BCUT2D eigenvalue weighted by Gasteiger charge is -2.23. The van der Waals surface area contributed by atoms with E-state index in [0.717, 1.165) is 23.9 Å². The Balaban J connectivity index is 1.66. The second-order valence-electron chi connectivity index (χ2n) is 7.18. The molecular weight excluding hydrogens is 367 g/mol. The van der Waals surface area contributed by atoms with Crippen molar-refractivity contribution in [2.75, 3.05) is 0 Å². The summed E-state index contributed by atoms with van der Waals surface area (Å²) in [5.74, 6) is -0.559. The lowest BCUT2D eigenvalue weighted by molar-refractivity contribution is 0.0728. The van der Waals surface area contributed by atoms with Crippen LogP contribution in [0, 0.1) is 5.82 Å². The van der Waals surface area contributed by atoms with Gasteiger partial charge >= 0.3 is 0 Å². The summed E-state index contributed by atoms with van der Waals surface area (Å²) in [5.41, 5.74) is 1.57. The van der Waals surface area contributed by atoms with Crippen molar-refractivity contribution in [1.29, 1.82) is 0 Å². The first kappa shape index (κ1) is 17.9. The number of aromatic nitrogens is 3. The Kier molecular flexibility index (Phi) is 4.60. The Morgan fingerprint density at radius 2 is 2.15 bits per heavy atom. The van der Waals surface area contributed by atoms with E-state index in [9.17, 15) is 9.18 Å². The monoisotopic (exact) mass is 386 g/mol. The first-order chi connectivity index (χ1) is 13.0. The quantitative estimate of drug-likeness (QED) is 0.643. The van der Waals surface area contributed by atoms with Gasteiger partial charge in [-0.25, -0.2) is 14.1 Å². The van der Waals surface area contributed by atoms with E-state index < -0.39 is 5.82 Å². The smallest absolute Gasteiger partial charge is 0.255 e. The number of nitrogens with zero attached hydrogens (tertiary/aromatic N) is 4. The van der Waals surface area contributed by atoms with Crippen LogP contribution in [0.5, 0.6) is 0 Å². The second kappa shape index (κ2) is 6.93. The maximum atomic E-state index is 14.2. The Labute approximate surface area is 161 Å². The lowest BCUT2D eigenvalue weighted by atomic mass is 10.1. The highest BCUT2D eigenvalue weighted by Crippen LogP contribution is 2.32. The van der Waals surface area contributed by atoms with Crippen LogP contribution in [0.15, 0.2) is 36.7 Å². The van der Waals surface area contributed by atoms with E-state index in [1.807, 2.05) is 18.5 Å². The van der Waals surface area contributed by atoms with Crippen LogP contribution in [0.25, 0.3) is 11.0 Å². The minimum absolute atomic E-state index is 0.113. The second-order valence-corrected chi connectivity index (χ2v) is 7.59. The predicted octanol–water partition coefficient (Wildman–Crippen LogP) is 4.61.